The maximum Gasteiger partial charge on any atom is 0.335 e. The molecule has 1 aliphatic rings. The fourth-order valence-electron chi connectivity index (χ4n) is 2.15. The van der Waals surface area contributed by atoms with Crippen LogP contribution in [0.5, 0.6) is 11.5 Å². The molecule has 0 aliphatic carbocycles. The highest BCUT2D eigenvalue weighted by Crippen LogP contribution is 2.33. The number of ether oxygens (including phenoxy) is 2. The van der Waals surface area contributed by atoms with Gasteiger partial charge in [0.15, 0.2) is 11.5 Å². The minimum atomic E-state index is -0.906. The molecule has 0 radical (unpaired) electrons. The van der Waals surface area contributed by atoms with E-state index in [1.54, 1.807) is 12.1 Å². The Balaban J connectivity index is 1.91. The van der Waals surface area contributed by atoms with E-state index in [1.165, 1.54) is 0 Å². The molecule has 1 N–H and O–H groups in total. The molecule has 4 nitrogen and oxygen atoms in total. The number of hydrogen-bond donors (Lipinski definition) is 1. The van der Waals surface area contributed by atoms with E-state index in [9.17, 15) is 4.79 Å². The first kappa shape index (κ1) is 11.6. The third kappa shape index (κ3) is 2.25. The number of fused-ring (bicyclic) bond motifs is 1. The van der Waals surface area contributed by atoms with Crippen LogP contribution in [0.1, 0.15) is 21.5 Å². The summed E-state index contributed by atoms with van der Waals surface area (Å²) in [7, 11) is 0. The molecule has 96 valence electrons. The summed E-state index contributed by atoms with van der Waals surface area (Å²) in [5.41, 5.74) is 2.12. The summed E-state index contributed by atoms with van der Waals surface area (Å²) in [5, 5.41) is 9.15. The summed E-state index contributed by atoms with van der Waals surface area (Å²) in [6, 6.07) is 12.7. The van der Waals surface area contributed by atoms with Crippen molar-refractivity contribution in [3.05, 3.63) is 59.2 Å². The van der Waals surface area contributed by atoms with Gasteiger partial charge in [0.25, 0.3) is 0 Å². The average molecular weight is 256 g/mol. The maximum absolute atomic E-state index is 11.2. The number of aromatic carboxylic acids is 1. The Kier molecular flexibility index (Phi) is 2.83. The van der Waals surface area contributed by atoms with Gasteiger partial charge in [0, 0.05) is 0 Å². The van der Waals surface area contributed by atoms with Crippen LogP contribution in [-0.4, -0.2) is 17.9 Å². The van der Waals surface area contributed by atoms with Crippen molar-refractivity contribution in [2.75, 3.05) is 6.79 Å². The van der Waals surface area contributed by atoms with Gasteiger partial charge in [0.2, 0.25) is 6.79 Å². The van der Waals surface area contributed by atoms with Crippen LogP contribution in [0.15, 0.2) is 42.5 Å². The van der Waals surface area contributed by atoms with Gasteiger partial charge in [-0.3, -0.25) is 0 Å². The largest absolute Gasteiger partial charge is 0.478 e. The van der Waals surface area contributed by atoms with Crippen LogP contribution in [0.4, 0.5) is 0 Å². The van der Waals surface area contributed by atoms with Crippen molar-refractivity contribution in [3.63, 3.8) is 0 Å². The van der Waals surface area contributed by atoms with Crippen molar-refractivity contribution in [3.8, 4) is 11.5 Å². The lowest BCUT2D eigenvalue weighted by atomic mass is 9.99. The number of carboxylic acid groups (broad SMARTS) is 1. The van der Waals surface area contributed by atoms with Crippen molar-refractivity contribution in [1.29, 1.82) is 0 Å². The lowest BCUT2D eigenvalue weighted by Crippen LogP contribution is -2.02. The molecule has 19 heavy (non-hydrogen) atoms. The number of hydrogen-bond acceptors (Lipinski definition) is 3. The zero-order valence-electron chi connectivity index (χ0n) is 10.1. The summed E-state index contributed by atoms with van der Waals surface area (Å²) in [6.45, 7) is 0.241. The van der Waals surface area contributed by atoms with Crippen molar-refractivity contribution in [1.82, 2.24) is 0 Å². The van der Waals surface area contributed by atoms with Gasteiger partial charge in [0.1, 0.15) is 0 Å². The van der Waals surface area contributed by atoms with Gasteiger partial charge in [-0.1, -0.05) is 24.3 Å². The lowest BCUT2D eigenvalue weighted by molar-refractivity contribution is 0.0696. The van der Waals surface area contributed by atoms with Crippen LogP contribution in [0.3, 0.4) is 0 Å². The van der Waals surface area contributed by atoms with E-state index in [-0.39, 0.29) is 6.79 Å². The minimum absolute atomic E-state index is 0.241. The van der Waals surface area contributed by atoms with Gasteiger partial charge in [-0.25, -0.2) is 4.79 Å². The highest BCUT2D eigenvalue weighted by atomic mass is 16.7. The second-order valence-electron chi connectivity index (χ2n) is 4.33. The molecule has 0 unspecified atom stereocenters. The zero-order chi connectivity index (χ0) is 13.2. The number of carbonyl (C=O) groups is 1. The summed E-state index contributed by atoms with van der Waals surface area (Å²) in [6.07, 6.45) is 0.555. The molecule has 2 aromatic carbocycles. The van der Waals surface area contributed by atoms with E-state index >= 15 is 0 Å². The van der Waals surface area contributed by atoms with E-state index in [1.807, 2.05) is 30.3 Å². The molecule has 0 saturated carbocycles. The summed E-state index contributed by atoms with van der Waals surface area (Å²) in [5.74, 6) is 0.539. The zero-order valence-corrected chi connectivity index (χ0v) is 10.1. The molecule has 2 aromatic rings. The molecule has 0 saturated heterocycles. The Labute approximate surface area is 110 Å². The number of benzene rings is 2. The molecule has 1 heterocycles. The Morgan fingerprint density at radius 2 is 1.89 bits per heavy atom. The lowest BCUT2D eigenvalue weighted by Gasteiger charge is -2.06. The molecular formula is C15H12O4. The Bertz CT molecular complexity index is 634. The molecule has 0 aromatic heterocycles. The highest BCUT2D eigenvalue weighted by Gasteiger charge is 2.15. The van der Waals surface area contributed by atoms with Crippen molar-refractivity contribution < 1.29 is 19.4 Å². The molecule has 0 bridgehead atoms. The molecule has 0 fully saturated rings. The minimum Gasteiger partial charge on any atom is -0.478 e. The second-order valence-corrected chi connectivity index (χ2v) is 4.33. The first-order chi connectivity index (χ1) is 9.24. The maximum atomic E-state index is 11.2. The summed E-state index contributed by atoms with van der Waals surface area (Å²) < 4.78 is 10.6. The fourth-order valence-corrected chi connectivity index (χ4v) is 2.15. The molecular weight excluding hydrogens is 244 g/mol. The molecule has 0 amide bonds. The third-order valence-electron chi connectivity index (χ3n) is 3.08. The normalized spacial score (nSPS) is 12.4. The van der Waals surface area contributed by atoms with Gasteiger partial charge >= 0.3 is 5.97 Å². The Morgan fingerprint density at radius 1 is 1.11 bits per heavy atom. The highest BCUT2D eigenvalue weighted by molar-refractivity contribution is 5.89. The van der Waals surface area contributed by atoms with Crippen molar-refractivity contribution in [2.45, 2.75) is 6.42 Å². The van der Waals surface area contributed by atoms with Crippen molar-refractivity contribution >= 4 is 5.97 Å². The van der Waals surface area contributed by atoms with E-state index in [0.717, 1.165) is 16.9 Å². The third-order valence-corrected chi connectivity index (χ3v) is 3.08. The van der Waals surface area contributed by atoms with E-state index in [0.29, 0.717) is 17.7 Å². The molecule has 0 atom stereocenters. The number of rotatable bonds is 3. The molecule has 3 rings (SSSR count). The van der Waals surface area contributed by atoms with Crippen LogP contribution in [-0.2, 0) is 6.42 Å². The topological polar surface area (TPSA) is 55.8 Å². The Hall–Kier alpha value is -2.49. The van der Waals surface area contributed by atoms with Gasteiger partial charge < -0.3 is 14.6 Å². The van der Waals surface area contributed by atoms with Crippen LogP contribution in [0.25, 0.3) is 0 Å². The molecule has 1 aliphatic heterocycles. The van der Waals surface area contributed by atoms with Crippen molar-refractivity contribution in [2.24, 2.45) is 0 Å². The standard InChI is InChI=1S/C15H12O4/c16-15(17)12-4-2-1-3-11(12)7-10-5-6-13-14(8-10)19-9-18-13/h1-6,8H,7,9H2,(H,16,17). The van der Waals surface area contributed by atoms with Gasteiger partial charge in [-0.2, -0.15) is 0 Å². The fraction of sp³-hybridized carbons (Fsp3) is 0.133. The van der Waals surface area contributed by atoms with Crippen LogP contribution in [0, 0.1) is 0 Å². The first-order valence-electron chi connectivity index (χ1n) is 5.94. The quantitative estimate of drug-likeness (QED) is 0.917. The Morgan fingerprint density at radius 3 is 2.74 bits per heavy atom. The molecule has 4 heteroatoms. The van der Waals surface area contributed by atoms with E-state index < -0.39 is 5.97 Å². The SMILES string of the molecule is O=C(O)c1ccccc1Cc1ccc2c(c1)OCO2. The van der Waals surface area contributed by atoms with Gasteiger partial charge in [0.05, 0.1) is 5.56 Å². The average Bonchev–Trinajstić information content (AvgIpc) is 2.86. The van der Waals surface area contributed by atoms with Crippen LogP contribution >= 0.6 is 0 Å². The van der Waals surface area contributed by atoms with Gasteiger partial charge in [-0.05, 0) is 35.7 Å². The first-order valence-corrected chi connectivity index (χ1v) is 5.94. The van der Waals surface area contributed by atoms with E-state index in [4.69, 9.17) is 14.6 Å². The van der Waals surface area contributed by atoms with E-state index in [2.05, 4.69) is 0 Å². The molecule has 0 spiro atoms. The van der Waals surface area contributed by atoms with Gasteiger partial charge in [-0.15, -0.1) is 0 Å². The monoisotopic (exact) mass is 256 g/mol. The van der Waals surface area contributed by atoms with Crippen LogP contribution in [0.2, 0.25) is 0 Å². The number of carboxylic acids is 1. The van der Waals surface area contributed by atoms with Crippen LogP contribution < -0.4 is 9.47 Å². The summed E-state index contributed by atoms with van der Waals surface area (Å²) >= 11 is 0. The predicted molar refractivity (Wildman–Crippen MR) is 68.8 cm³/mol. The smallest absolute Gasteiger partial charge is 0.335 e. The predicted octanol–water partition coefficient (Wildman–Crippen LogP) is 2.70. The second kappa shape index (κ2) is 4.65. The summed E-state index contributed by atoms with van der Waals surface area (Å²) in [4.78, 5) is 11.2.